The van der Waals surface area contributed by atoms with E-state index in [4.69, 9.17) is 10.5 Å². The van der Waals surface area contributed by atoms with Gasteiger partial charge in [0.15, 0.2) is 0 Å². The van der Waals surface area contributed by atoms with Gasteiger partial charge in [0.2, 0.25) is 0 Å². The topological polar surface area (TPSA) is 47.3 Å². The maximum absolute atomic E-state index is 13.2. The fraction of sp³-hybridized carbons (Fsp3) is 0.143. The van der Waals surface area contributed by atoms with E-state index in [9.17, 15) is 4.39 Å². The molecule has 0 radical (unpaired) electrons. The highest BCUT2D eigenvalue weighted by Crippen LogP contribution is 2.22. The van der Waals surface area contributed by atoms with Crippen molar-refractivity contribution in [2.45, 2.75) is 6.54 Å². The van der Waals surface area contributed by atoms with Crippen molar-refractivity contribution in [3.05, 3.63) is 53.8 Å². The van der Waals surface area contributed by atoms with Crippen LogP contribution in [0.5, 0.6) is 5.75 Å². The van der Waals surface area contributed by atoms with E-state index in [1.807, 2.05) is 24.3 Å². The Morgan fingerprint density at radius 2 is 2.00 bits per heavy atom. The Hall–Kier alpha value is -2.23. The predicted octanol–water partition coefficient (Wildman–Crippen LogP) is 3.03. The first-order valence-corrected chi connectivity index (χ1v) is 5.61. The van der Waals surface area contributed by atoms with Crippen molar-refractivity contribution in [2.75, 3.05) is 18.2 Å². The van der Waals surface area contributed by atoms with Crippen molar-refractivity contribution < 1.29 is 9.13 Å². The monoisotopic (exact) mass is 246 g/mol. The van der Waals surface area contributed by atoms with E-state index >= 15 is 0 Å². The first-order valence-electron chi connectivity index (χ1n) is 5.61. The summed E-state index contributed by atoms with van der Waals surface area (Å²) in [6.07, 6.45) is 0. The quantitative estimate of drug-likeness (QED) is 0.815. The molecule has 0 aliphatic heterocycles. The van der Waals surface area contributed by atoms with E-state index in [0.717, 1.165) is 11.3 Å². The van der Waals surface area contributed by atoms with Crippen LogP contribution in [-0.2, 0) is 6.54 Å². The molecule has 0 aliphatic carbocycles. The molecule has 0 unspecified atom stereocenters. The van der Waals surface area contributed by atoms with Crippen molar-refractivity contribution in [2.24, 2.45) is 0 Å². The number of benzene rings is 2. The van der Waals surface area contributed by atoms with Gasteiger partial charge in [-0.1, -0.05) is 18.2 Å². The second kappa shape index (κ2) is 5.40. The SMILES string of the molecule is COc1cccc(CNc2cccc(F)c2N)c1. The lowest BCUT2D eigenvalue weighted by Gasteiger charge is -2.10. The standard InChI is InChI=1S/C14H15FN2O/c1-18-11-5-2-4-10(8-11)9-17-13-7-3-6-12(15)14(13)16/h2-8,17H,9,16H2,1H3. The number of methoxy groups -OCH3 is 1. The summed E-state index contributed by atoms with van der Waals surface area (Å²) in [7, 11) is 1.62. The minimum Gasteiger partial charge on any atom is -0.497 e. The van der Waals surface area contributed by atoms with Crippen molar-refractivity contribution in [1.29, 1.82) is 0 Å². The van der Waals surface area contributed by atoms with Crippen LogP contribution in [0.4, 0.5) is 15.8 Å². The summed E-state index contributed by atoms with van der Waals surface area (Å²) in [6.45, 7) is 0.560. The third-order valence-corrected chi connectivity index (χ3v) is 2.67. The number of rotatable bonds is 4. The lowest BCUT2D eigenvalue weighted by atomic mass is 10.2. The number of hydrogen-bond donors (Lipinski definition) is 2. The van der Waals surface area contributed by atoms with Crippen LogP contribution in [0.15, 0.2) is 42.5 Å². The Morgan fingerprint density at radius 3 is 2.78 bits per heavy atom. The molecule has 0 aromatic heterocycles. The van der Waals surface area contributed by atoms with Crippen molar-refractivity contribution in [1.82, 2.24) is 0 Å². The van der Waals surface area contributed by atoms with Crippen LogP contribution < -0.4 is 15.8 Å². The molecule has 4 heteroatoms. The zero-order valence-electron chi connectivity index (χ0n) is 10.1. The van der Waals surface area contributed by atoms with E-state index in [1.54, 1.807) is 19.2 Å². The van der Waals surface area contributed by atoms with Crippen LogP contribution in [-0.4, -0.2) is 7.11 Å². The number of para-hydroxylation sites is 1. The van der Waals surface area contributed by atoms with E-state index in [1.165, 1.54) is 6.07 Å². The van der Waals surface area contributed by atoms with Crippen LogP contribution in [0.2, 0.25) is 0 Å². The molecule has 0 fully saturated rings. The second-order valence-electron chi connectivity index (χ2n) is 3.91. The molecule has 0 atom stereocenters. The zero-order chi connectivity index (χ0) is 13.0. The molecule has 2 aromatic carbocycles. The fourth-order valence-corrected chi connectivity index (χ4v) is 1.67. The average Bonchev–Trinajstić information content (AvgIpc) is 2.41. The molecule has 2 rings (SSSR count). The smallest absolute Gasteiger partial charge is 0.148 e. The van der Waals surface area contributed by atoms with Gasteiger partial charge in [0, 0.05) is 6.54 Å². The summed E-state index contributed by atoms with van der Waals surface area (Å²) in [4.78, 5) is 0. The van der Waals surface area contributed by atoms with Crippen LogP contribution in [0, 0.1) is 5.82 Å². The van der Waals surface area contributed by atoms with E-state index in [0.29, 0.717) is 12.2 Å². The first kappa shape index (κ1) is 12.2. The van der Waals surface area contributed by atoms with Crippen LogP contribution in [0.3, 0.4) is 0 Å². The van der Waals surface area contributed by atoms with E-state index < -0.39 is 5.82 Å². The summed E-state index contributed by atoms with van der Waals surface area (Å²) in [5, 5.41) is 3.10. The Bertz CT molecular complexity index is 543. The van der Waals surface area contributed by atoms with Crippen molar-refractivity contribution in [3.63, 3.8) is 0 Å². The van der Waals surface area contributed by atoms with Crippen LogP contribution in [0.25, 0.3) is 0 Å². The van der Waals surface area contributed by atoms with Gasteiger partial charge in [-0.05, 0) is 29.8 Å². The largest absolute Gasteiger partial charge is 0.497 e. The van der Waals surface area contributed by atoms with Gasteiger partial charge in [0.05, 0.1) is 18.5 Å². The maximum atomic E-state index is 13.2. The molecule has 0 aliphatic rings. The second-order valence-corrected chi connectivity index (χ2v) is 3.91. The van der Waals surface area contributed by atoms with Crippen LogP contribution in [0.1, 0.15) is 5.56 Å². The Labute approximate surface area is 105 Å². The molecule has 0 heterocycles. The third kappa shape index (κ3) is 2.71. The highest BCUT2D eigenvalue weighted by molar-refractivity contribution is 5.66. The molecule has 0 saturated carbocycles. The Kier molecular flexibility index (Phi) is 3.67. The number of nitrogen functional groups attached to an aromatic ring is 1. The molecule has 3 nitrogen and oxygen atoms in total. The Morgan fingerprint density at radius 1 is 1.22 bits per heavy atom. The molecule has 0 saturated heterocycles. The molecule has 0 amide bonds. The van der Waals surface area contributed by atoms with Gasteiger partial charge in [-0.3, -0.25) is 0 Å². The maximum Gasteiger partial charge on any atom is 0.148 e. The van der Waals surface area contributed by atoms with Crippen LogP contribution >= 0.6 is 0 Å². The van der Waals surface area contributed by atoms with Gasteiger partial charge in [0.1, 0.15) is 11.6 Å². The number of nitrogens with two attached hydrogens (primary N) is 1. The first-order chi connectivity index (χ1) is 8.70. The van der Waals surface area contributed by atoms with Gasteiger partial charge in [-0.2, -0.15) is 0 Å². The van der Waals surface area contributed by atoms with Crippen molar-refractivity contribution in [3.8, 4) is 5.75 Å². The number of hydrogen-bond acceptors (Lipinski definition) is 3. The zero-order valence-corrected chi connectivity index (χ0v) is 10.1. The summed E-state index contributed by atoms with van der Waals surface area (Å²) >= 11 is 0. The molecule has 3 N–H and O–H groups in total. The number of ether oxygens (including phenoxy) is 1. The van der Waals surface area contributed by atoms with Gasteiger partial charge < -0.3 is 15.8 Å². The summed E-state index contributed by atoms with van der Waals surface area (Å²) < 4.78 is 18.4. The molecule has 0 bridgehead atoms. The average molecular weight is 246 g/mol. The molecular weight excluding hydrogens is 231 g/mol. The van der Waals surface area contributed by atoms with E-state index in [-0.39, 0.29) is 5.69 Å². The number of anilines is 2. The molecule has 94 valence electrons. The lowest BCUT2D eigenvalue weighted by molar-refractivity contribution is 0.414. The van der Waals surface area contributed by atoms with Gasteiger partial charge in [0.25, 0.3) is 0 Å². The fourth-order valence-electron chi connectivity index (χ4n) is 1.67. The third-order valence-electron chi connectivity index (χ3n) is 2.67. The van der Waals surface area contributed by atoms with Gasteiger partial charge in [-0.25, -0.2) is 4.39 Å². The minimum absolute atomic E-state index is 0.139. The highest BCUT2D eigenvalue weighted by atomic mass is 19.1. The van der Waals surface area contributed by atoms with Crippen molar-refractivity contribution >= 4 is 11.4 Å². The molecule has 2 aromatic rings. The summed E-state index contributed by atoms with van der Waals surface area (Å²) in [6, 6.07) is 12.4. The van der Waals surface area contributed by atoms with E-state index in [2.05, 4.69) is 5.32 Å². The molecule has 18 heavy (non-hydrogen) atoms. The summed E-state index contributed by atoms with van der Waals surface area (Å²) in [5.74, 6) is 0.382. The molecule has 0 spiro atoms. The number of nitrogens with one attached hydrogen (secondary N) is 1. The predicted molar refractivity (Wildman–Crippen MR) is 71.1 cm³/mol. The summed E-state index contributed by atoms with van der Waals surface area (Å²) in [5.41, 5.74) is 7.41. The normalized spacial score (nSPS) is 10.1. The van der Waals surface area contributed by atoms with Gasteiger partial charge in [-0.15, -0.1) is 0 Å². The highest BCUT2D eigenvalue weighted by Gasteiger charge is 2.03. The van der Waals surface area contributed by atoms with Gasteiger partial charge >= 0.3 is 0 Å². The minimum atomic E-state index is -0.411. The molecular formula is C14H15FN2O. The number of halogens is 1. The Balaban J connectivity index is 2.09. The lowest BCUT2D eigenvalue weighted by Crippen LogP contribution is -2.03.